The fraction of sp³-hybridized carbons (Fsp3) is 0.500. The number of hydrogen-bond acceptors (Lipinski definition) is 4. The summed E-state index contributed by atoms with van der Waals surface area (Å²) in [4.78, 5) is 25.5. The van der Waals surface area contributed by atoms with Crippen LogP contribution in [0.3, 0.4) is 0 Å². The highest BCUT2D eigenvalue weighted by Gasteiger charge is 2.31. The van der Waals surface area contributed by atoms with Gasteiger partial charge in [-0.05, 0) is 50.8 Å². The van der Waals surface area contributed by atoms with E-state index in [2.05, 4.69) is 6.92 Å². The van der Waals surface area contributed by atoms with E-state index in [0.717, 1.165) is 35.8 Å². The molecule has 2 aromatic rings. The third-order valence-electron chi connectivity index (χ3n) is 5.60. The van der Waals surface area contributed by atoms with E-state index in [0.29, 0.717) is 28.8 Å². The van der Waals surface area contributed by atoms with Gasteiger partial charge in [-0.15, -0.1) is 0 Å². The maximum atomic E-state index is 13.1. The molecular weight excluding hydrogens is 380 g/mol. The summed E-state index contributed by atoms with van der Waals surface area (Å²) in [7, 11) is -4.48. The number of carbonyl (C=O) groups excluding carboxylic acids is 1. The van der Waals surface area contributed by atoms with Crippen LogP contribution in [0.1, 0.15) is 74.1 Å². The van der Waals surface area contributed by atoms with Gasteiger partial charge in [-0.2, -0.15) is 8.42 Å². The molecule has 0 saturated carbocycles. The van der Waals surface area contributed by atoms with E-state index in [-0.39, 0.29) is 16.5 Å². The van der Waals surface area contributed by atoms with Crippen LogP contribution in [0, 0.1) is 13.8 Å². The summed E-state index contributed by atoms with van der Waals surface area (Å²) in [5, 5.41) is 0. The molecule has 1 N–H and O–H groups in total. The van der Waals surface area contributed by atoms with Gasteiger partial charge in [0.25, 0.3) is 16.0 Å². The number of hydrogen-bond donors (Lipinski definition) is 1. The number of unbranched alkanes of at least 4 members (excludes halogenated alkanes) is 4. The van der Waals surface area contributed by atoms with Crippen molar-refractivity contribution in [3.8, 4) is 0 Å². The standard InChI is InChI=1S/C20H26N2O5S/c1-5-6-7-8-9-10-15-12(2)19(23)22-17(15)11-16-13(3)18(28(25,26)27)14(4)21(16)20(22)24/h11H,5-10H2,1-4H3,(H,25,26,27). The highest BCUT2D eigenvalue weighted by atomic mass is 32.2. The van der Waals surface area contributed by atoms with Crippen molar-refractivity contribution in [1.29, 1.82) is 0 Å². The van der Waals surface area contributed by atoms with Crippen molar-refractivity contribution < 1.29 is 17.8 Å². The zero-order valence-electron chi connectivity index (χ0n) is 16.7. The van der Waals surface area contributed by atoms with Crippen LogP contribution >= 0.6 is 0 Å². The molecule has 1 aliphatic heterocycles. The highest BCUT2D eigenvalue weighted by Crippen LogP contribution is 2.34. The highest BCUT2D eigenvalue weighted by molar-refractivity contribution is 7.86. The second-order valence-corrected chi connectivity index (χ2v) is 8.81. The predicted molar refractivity (Wildman–Crippen MR) is 108 cm³/mol. The molecule has 1 aliphatic rings. The van der Waals surface area contributed by atoms with Gasteiger partial charge in [0.15, 0.2) is 0 Å². The second-order valence-electron chi connectivity index (χ2n) is 7.46. The van der Waals surface area contributed by atoms with Crippen molar-refractivity contribution in [2.75, 3.05) is 0 Å². The van der Waals surface area contributed by atoms with E-state index < -0.39 is 15.8 Å². The van der Waals surface area contributed by atoms with Crippen LogP contribution in [0.4, 0.5) is 0 Å². The largest absolute Gasteiger partial charge is 0.340 e. The molecule has 0 unspecified atom stereocenters. The Morgan fingerprint density at radius 3 is 2.29 bits per heavy atom. The van der Waals surface area contributed by atoms with Gasteiger partial charge in [-0.1, -0.05) is 32.6 Å². The van der Waals surface area contributed by atoms with Crippen LogP contribution in [0.5, 0.6) is 0 Å². The van der Waals surface area contributed by atoms with Crippen molar-refractivity contribution in [2.24, 2.45) is 0 Å². The molecule has 28 heavy (non-hydrogen) atoms. The number of rotatable bonds is 7. The van der Waals surface area contributed by atoms with E-state index in [1.165, 1.54) is 17.7 Å². The van der Waals surface area contributed by atoms with Crippen LogP contribution in [0.2, 0.25) is 0 Å². The normalized spacial score (nSPS) is 14.4. The number of allylic oxidation sites excluding steroid dienone is 2. The third kappa shape index (κ3) is 3.14. The van der Waals surface area contributed by atoms with E-state index >= 15 is 0 Å². The summed E-state index contributed by atoms with van der Waals surface area (Å²) in [6, 6.07) is 1.69. The minimum Gasteiger partial charge on any atom is -0.282 e. The molecule has 0 aliphatic carbocycles. The number of aryl methyl sites for hydroxylation is 2. The van der Waals surface area contributed by atoms with E-state index in [1.807, 2.05) is 0 Å². The number of carbonyl (C=O) groups is 1. The molecule has 2 aromatic heterocycles. The van der Waals surface area contributed by atoms with E-state index in [9.17, 15) is 22.6 Å². The molecule has 0 spiro atoms. The predicted octanol–water partition coefficient (Wildman–Crippen LogP) is 3.75. The molecule has 3 heterocycles. The van der Waals surface area contributed by atoms with E-state index in [4.69, 9.17) is 0 Å². The average Bonchev–Trinajstić information content (AvgIpc) is 3.00. The summed E-state index contributed by atoms with van der Waals surface area (Å²) in [6.45, 7) is 6.89. The lowest BCUT2D eigenvalue weighted by atomic mass is 10.0. The quantitative estimate of drug-likeness (QED) is 0.558. The molecule has 0 saturated heterocycles. The summed E-state index contributed by atoms with van der Waals surface area (Å²) in [5.41, 5.74) is 2.13. The van der Waals surface area contributed by atoms with Crippen molar-refractivity contribution >= 4 is 27.1 Å². The maximum Gasteiger partial charge on any atom is 0.340 e. The van der Waals surface area contributed by atoms with Gasteiger partial charge in [0.2, 0.25) is 0 Å². The first kappa shape index (κ1) is 20.5. The van der Waals surface area contributed by atoms with Crippen molar-refractivity contribution in [3.05, 3.63) is 39.1 Å². The molecule has 0 aromatic carbocycles. The van der Waals surface area contributed by atoms with E-state index in [1.54, 1.807) is 19.9 Å². The Balaban J connectivity index is 2.14. The monoisotopic (exact) mass is 406 g/mol. The minimum absolute atomic E-state index is 0.105. The smallest absolute Gasteiger partial charge is 0.282 e. The third-order valence-corrected chi connectivity index (χ3v) is 6.72. The van der Waals surface area contributed by atoms with Crippen molar-refractivity contribution in [3.63, 3.8) is 0 Å². The van der Waals surface area contributed by atoms with Gasteiger partial charge in [0.05, 0.1) is 11.2 Å². The maximum absolute atomic E-state index is 13.1. The van der Waals surface area contributed by atoms with Crippen LogP contribution in [0.25, 0.3) is 11.1 Å². The Bertz CT molecular complexity index is 1170. The van der Waals surface area contributed by atoms with Gasteiger partial charge in [0, 0.05) is 11.3 Å². The lowest BCUT2D eigenvalue weighted by molar-refractivity contribution is 0.0955. The van der Waals surface area contributed by atoms with Gasteiger partial charge in [0.1, 0.15) is 4.90 Å². The van der Waals surface area contributed by atoms with Gasteiger partial charge in [-0.3, -0.25) is 13.7 Å². The Kier molecular flexibility index (Phi) is 5.38. The Labute approximate surface area is 164 Å². The molecule has 0 radical (unpaired) electrons. The topological polar surface area (TPSA) is 97.8 Å². The molecule has 3 rings (SSSR count). The summed E-state index contributed by atoms with van der Waals surface area (Å²) in [5.74, 6) is -0.371. The Morgan fingerprint density at radius 1 is 1.04 bits per heavy atom. The SMILES string of the molecule is CCCCCCCC1=C(C)C(=O)n2c1cc1c(C)c(S(=O)(=O)O)c(C)n1c2=O. The first-order valence-electron chi connectivity index (χ1n) is 9.61. The van der Waals surface area contributed by atoms with Crippen LogP contribution < -0.4 is 5.69 Å². The molecular formula is C20H26N2O5S. The number of nitrogens with zero attached hydrogens (tertiary/aromatic N) is 2. The first-order valence-corrected chi connectivity index (χ1v) is 11.0. The minimum atomic E-state index is -4.48. The zero-order chi connectivity index (χ0) is 20.8. The van der Waals surface area contributed by atoms with Crippen LogP contribution in [-0.2, 0) is 10.1 Å². The zero-order valence-corrected chi connectivity index (χ0v) is 17.5. The van der Waals surface area contributed by atoms with Crippen molar-refractivity contribution in [2.45, 2.75) is 71.1 Å². The first-order chi connectivity index (χ1) is 13.1. The van der Waals surface area contributed by atoms with Gasteiger partial charge < -0.3 is 0 Å². The fourth-order valence-electron chi connectivity index (χ4n) is 4.16. The van der Waals surface area contributed by atoms with Gasteiger partial charge in [-0.25, -0.2) is 9.36 Å². The number of aromatic nitrogens is 2. The summed E-state index contributed by atoms with van der Waals surface area (Å²) < 4.78 is 35.4. The molecule has 0 atom stereocenters. The molecule has 152 valence electrons. The lowest BCUT2D eigenvalue weighted by Gasteiger charge is -2.08. The molecule has 0 amide bonds. The second kappa shape index (κ2) is 7.33. The Morgan fingerprint density at radius 2 is 1.68 bits per heavy atom. The fourth-order valence-corrected chi connectivity index (χ4v) is 5.12. The molecule has 8 heteroatoms. The summed E-state index contributed by atoms with van der Waals surface area (Å²) >= 11 is 0. The molecule has 7 nitrogen and oxygen atoms in total. The molecule has 0 bridgehead atoms. The Hall–Kier alpha value is -2.19. The molecule has 0 fully saturated rings. The lowest BCUT2D eigenvalue weighted by Crippen LogP contribution is -2.31. The van der Waals surface area contributed by atoms with Gasteiger partial charge >= 0.3 is 5.69 Å². The summed E-state index contributed by atoms with van der Waals surface area (Å²) in [6.07, 6.45) is 6.14. The number of fused-ring (bicyclic) bond motifs is 2. The average molecular weight is 407 g/mol. The van der Waals surface area contributed by atoms with Crippen molar-refractivity contribution in [1.82, 2.24) is 8.97 Å². The van der Waals surface area contributed by atoms with Crippen LogP contribution in [-0.4, -0.2) is 27.8 Å². The van der Waals surface area contributed by atoms with Crippen LogP contribution in [0.15, 0.2) is 21.3 Å².